The molecule has 1 unspecified atom stereocenters. The van der Waals surface area contributed by atoms with Gasteiger partial charge in [0, 0.05) is 11.5 Å². The average molecular weight is 229 g/mol. The molecule has 1 heterocycles. The lowest BCUT2D eigenvalue weighted by molar-refractivity contribution is 0.378. The molecule has 0 aliphatic carbocycles. The zero-order valence-electron chi connectivity index (χ0n) is 10.9. The molecule has 0 saturated heterocycles. The third-order valence-electron chi connectivity index (χ3n) is 2.98. The number of benzene rings is 1. The normalized spacial score (nSPS) is 13.6. The molecule has 90 valence electrons. The van der Waals surface area contributed by atoms with Crippen LogP contribution in [0.3, 0.4) is 0 Å². The van der Waals surface area contributed by atoms with Crippen molar-refractivity contribution in [3.8, 4) is 0 Å². The molecule has 2 rings (SSSR count). The van der Waals surface area contributed by atoms with Gasteiger partial charge in [-0.15, -0.1) is 10.2 Å². The molecule has 2 aromatic rings. The summed E-state index contributed by atoms with van der Waals surface area (Å²) in [7, 11) is 0. The van der Waals surface area contributed by atoms with Crippen molar-refractivity contribution in [1.82, 2.24) is 14.8 Å². The van der Waals surface area contributed by atoms with Crippen molar-refractivity contribution in [3.05, 3.63) is 48.0 Å². The Morgan fingerprint density at radius 3 is 2.35 bits per heavy atom. The first-order chi connectivity index (χ1) is 8.00. The van der Waals surface area contributed by atoms with Crippen molar-refractivity contribution in [3.63, 3.8) is 0 Å². The number of nitrogens with zero attached hydrogens (tertiary/aromatic N) is 3. The Labute approximate surface area is 103 Å². The Bertz CT molecular complexity index is 480. The van der Waals surface area contributed by atoms with E-state index in [1.54, 1.807) is 0 Å². The summed E-state index contributed by atoms with van der Waals surface area (Å²) in [5.74, 6) is 1.28. The van der Waals surface area contributed by atoms with Crippen LogP contribution in [0, 0.1) is 0 Å². The largest absolute Gasteiger partial charge is 0.312 e. The molecule has 0 fully saturated rings. The van der Waals surface area contributed by atoms with E-state index >= 15 is 0 Å². The lowest BCUT2D eigenvalue weighted by Gasteiger charge is -2.24. The topological polar surface area (TPSA) is 30.7 Å². The van der Waals surface area contributed by atoms with Gasteiger partial charge in [-0.05, 0) is 26.3 Å². The molecule has 0 aliphatic rings. The van der Waals surface area contributed by atoms with Gasteiger partial charge in [0.2, 0.25) is 0 Å². The van der Waals surface area contributed by atoms with Crippen LogP contribution in [0.5, 0.6) is 0 Å². The molecule has 0 N–H and O–H groups in total. The van der Waals surface area contributed by atoms with Crippen LogP contribution >= 0.6 is 0 Å². The number of hydrogen-bond donors (Lipinski definition) is 0. The van der Waals surface area contributed by atoms with Crippen LogP contribution in [0.4, 0.5) is 0 Å². The van der Waals surface area contributed by atoms with Gasteiger partial charge >= 0.3 is 0 Å². The smallest absolute Gasteiger partial charge is 0.140 e. The molecule has 0 aliphatic heterocycles. The van der Waals surface area contributed by atoms with Crippen LogP contribution in [0.25, 0.3) is 0 Å². The number of rotatable bonds is 2. The molecule has 17 heavy (non-hydrogen) atoms. The van der Waals surface area contributed by atoms with E-state index in [0.29, 0.717) is 0 Å². The summed E-state index contributed by atoms with van der Waals surface area (Å²) in [6.45, 7) is 8.66. The first-order valence-corrected chi connectivity index (χ1v) is 5.95. The standard InChI is InChI=1S/C14H19N3/c1-11(12-8-6-5-7-9-12)13-16-15-10-17(13)14(2,3)4/h5-11H,1-4H3. The Morgan fingerprint density at radius 2 is 1.76 bits per heavy atom. The lowest BCUT2D eigenvalue weighted by atomic mass is 9.99. The maximum Gasteiger partial charge on any atom is 0.140 e. The second kappa shape index (κ2) is 4.32. The van der Waals surface area contributed by atoms with E-state index < -0.39 is 0 Å². The molecule has 3 nitrogen and oxygen atoms in total. The fraction of sp³-hybridized carbons (Fsp3) is 0.429. The van der Waals surface area contributed by atoms with Crippen LogP contribution in [0.2, 0.25) is 0 Å². The SMILES string of the molecule is CC(c1ccccc1)c1nncn1C(C)(C)C. The third-order valence-corrected chi connectivity index (χ3v) is 2.98. The summed E-state index contributed by atoms with van der Waals surface area (Å²) in [6.07, 6.45) is 1.81. The van der Waals surface area contributed by atoms with E-state index in [-0.39, 0.29) is 11.5 Å². The molecular formula is C14H19N3. The number of hydrogen-bond acceptors (Lipinski definition) is 2. The Kier molecular flexibility index (Phi) is 3.01. The fourth-order valence-electron chi connectivity index (χ4n) is 1.95. The molecule has 1 aromatic heterocycles. The predicted octanol–water partition coefficient (Wildman–Crippen LogP) is 3.18. The fourth-order valence-corrected chi connectivity index (χ4v) is 1.95. The summed E-state index contributed by atoms with van der Waals surface area (Å²) in [5, 5.41) is 8.32. The molecule has 0 saturated carbocycles. The van der Waals surface area contributed by atoms with Crippen LogP contribution in [0.15, 0.2) is 36.7 Å². The van der Waals surface area contributed by atoms with E-state index in [0.717, 1.165) is 5.82 Å². The molecule has 3 heteroatoms. The van der Waals surface area contributed by atoms with Crippen molar-refractivity contribution >= 4 is 0 Å². The average Bonchev–Trinajstić information content (AvgIpc) is 2.78. The van der Waals surface area contributed by atoms with Crippen molar-refractivity contribution < 1.29 is 0 Å². The maximum absolute atomic E-state index is 4.27. The highest BCUT2D eigenvalue weighted by Gasteiger charge is 2.22. The van der Waals surface area contributed by atoms with Gasteiger partial charge in [0.15, 0.2) is 0 Å². The van der Waals surface area contributed by atoms with Gasteiger partial charge in [-0.25, -0.2) is 0 Å². The van der Waals surface area contributed by atoms with Crippen molar-refractivity contribution in [2.24, 2.45) is 0 Å². The summed E-state index contributed by atoms with van der Waals surface area (Å²) in [6, 6.07) is 10.4. The molecule has 0 spiro atoms. The van der Waals surface area contributed by atoms with Crippen molar-refractivity contribution in [1.29, 1.82) is 0 Å². The highest BCUT2D eigenvalue weighted by molar-refractivity contribution is 5.24. The Morgan fingerprint density at radius 1 is 1.12 bits per heavy atom. The van der Waals surface area contributed by atoms with Crippen LogP contribution in [-0.4, -0.2) is 14.8 Å². The minimum atomic E-state index is 0.0157. The summed E-state index contributed by atoms with van der Waals surface area (Å²) >= 11 is 0. The van der Waals surface area contributed by atoms with E-state index in [1.807, 2.05) is 12.4 Å². The van der Waals surface area contributed by atoms with Gasteiger partial charge in [-0.3, -0.25) is 0 Å². The van der Waals surface area contributed by atoms with Crippen molar-refractivity contribution in [2.45, 2.75) is 39.2 Å². The minimum Gasteiger partial charge on any atom is -0.312 e. The Hall–Kier alpha value is -1.64. The van der Waals surface area contributed by atoms with Crippen LogP contribution in [-0.2, 0) is 5.54 Å². The lowest BCUT2D eigenvalue weighted by Crippen LogP contribution is -2.24. The monoisotopic (exact) mass is 229 g/mol. The van der Waals surface area contributed by atoms with E-state index in [1.165, 1.54) is 5.56 Å². The second-order valence-electron chi connectivity index (χ2n) is 5.36. The first-order valence-electron chi connectivity index (χ1n) is 5.95. The van der Waals surface area contributed by atoms with Gasteiger partial charge in [0.05, 0.1) is 0 Å². The molecule has 0 radical (unpaired) electrons. The van der Waals surface area contributed by atoms with Gasteiger partial charge in [-0.1, -0.05) is 37.3 Å². The molecule has 0 bridgehead atoms. The van der Waals surface area contributed by atoms with Gasteiger partial charge in [0.1, 0.15) is 12.2 Å². The summed E-state index contributed by atoms with van der Waals surface area (Å²) < 4.78 is 2.14. The highest BCUT2D eigenvalue weighted by atomic mass is 15.3. The van der Waals surface area contributed by atoms with Crippen LogP contribution < -0.4 is 0 Å². The van der Waals surface area contributed by atoms with Gasteiger partial charge in [0.25, 0.3) is 0 Å². The van der Waals surface area contributed by atoms with Crippen LogP contribution in [0.1, 0.15) is 45.0 Å². The van der Waals surface area contributed by atoms with E-state index in [9.17, 15) is 0 Å². The first kappa shape index (κ1) is 11.8. The maximum atomic E-state index is 4.27. The van der Waals surface area contributed by atoms with Crippen molar-refractivity contribution in [2.75, 3.05) is 0 Å². The zero-order valence-corrected chi connectivity index (χ0v) is 10.9. The van der Waals surface area contributed by atoms with E-state index in [2.05, 4.69) is 66.7 Å². The minimum absolute atomic E-state index is 0.0157. The molecule has 0 amide bonds. The highest BCUT2D eigenvalue weighted by Crippen LogP contribution is 2.25. The summed E-state index contributed by atoms with van der Waals surface area (Å²) in [5.41, 5.74) is 1.29. The predicted molar refractivity (Wildman–Crippen MR) is 69.0 cm³/mol. The quantitative estimate of drug-likeness (QED) is 0.791. The zero-order chi connectivity index (χ0) is 12.5. The van der Waals surface area contributed by atoms with Gasteiger partial charge in [-0.2, -0.15) is 0 Å². The molecular weight excluding hydrogens is 210 g/mol. The van der Waals surface area contributed by atoms with E-state index in [4.69, 9.17) is 0 Å². The second-order valence-corrected chi connectivity index (χ2v) is 5.36. The Balaban J connectivity index is 2.39. The third kappa shape index (κ3) is 2.38. The van der Waals surface area contributed by atoms with Gasteiger partial charge < -0.3 is 4.57 Å². The molecule has 1 atom stereocenters. The molecule has 1 aromatic carbocycles. The number of aromatic nitrogens is 3. The summed E-state index contributed by atoms with van der Waals surface area (Å²) in [4.78, 5) is 0.